The maximum atomic E-state index is 12.3. The molecule has 0 bridgehead atoms. The van der Waals surface area contributed by atoms with Crippen molar-refractivity contribution in [3.63, 3.8) is 0 Å². The molecule has 0 fully saturated rings. The molecule has 0 saturated carbocycles. The summed E-state index contributed by atoms with van der Waals surface area (Å²) in [6, 6.07) is 0. The van der Waals surface area contributed by atoms with Crippen molar-refractivity contribution in [3.05, 3.63) is 16.8 Å². The molecule has 100 valence electrons. The minimum Gasteiger partial charge on any atom is -0.384 e. The Morgan fingerprint density at radius 1 is 1.33 bits per heavy atom. The van der Waals surface area contributed by atoms with Crippen molar-refractivity contribution >= 4 is 11.7 Å². The van der Waals surface area contributed by atoms with Gasteiger partial charge >= 0.3 is 6.18 Å². The summed E-state index contributed by atoms with van der Waals surface area (Å²) in [7, 11) is 1.23. The average Bonchev–Trinajstić information content (AvgIpc) is 2.18. The van der Waals surface area contributed by atoms with E-state index in [1.54, 1.807) is 13.8 Å². The van der Waals surface area contributed by atoms with E-state index in [1.165, 1.54) is 7.05 Å². The normalized spacial score (nSPS) is 11.4. The highest BCUT2D eigenvalue weighted by Crippen LogP contribution is 2.24. The summed E-state index contributed by atoms with van der Waals surface area (Å²) in [5.41, 5.74) is 6.67. The van der Waals surface area contributed by atoms with Crippen molar-refractivity contribution < 1.29 is 13.2 Å². The molecule has 5 nitrogen and oxygen atoms in total. The lowest BCUT2D eigenvalue weighted by molar-refractivity contribution is -0.119. The van der Waals surface area contributed by atoms with Crippen molar-refractivity contribution in [1.29, 1.82) is 5.41 Å². The van der Waals surface area contributed by atoms with Gasteiger partial charge in [0.25, 0.3) is 0 Å². The van der Waals surface area contributed by atoms with Gasteiger partial charge in [-0.2, -0.15) is 18.3 Å². The molecule has 8 heteroatoms. The topological polar surface area (TPSA) is 78.9 Å². The molecule has 0 aromatic carbocycles. The average molecular weight is 261 g/mol. The third-order valence-electron chi connectivity index (χ3n) is 2.48. The van der Waals surface area contributed by atoms with Crippen LogP contribution < -0.4 is 10.6 Å². The number of amidine groups is 1. The molecule has 0 aliphatic rings. The number of nitrogens with two attached hydrogens (primary N) is 1. The number of aryl methyl sites for hydroxylation is 1. The molecule has 18 heavy (non-hydrogen) atoms. The van der Waals surface area contributed by atoms with E-state index in [1.807, 2.05) is 0 Å². The first-order valence-electron chi connectivity index (χ1n) is 5.09. The standard InChI is InChI=1S/C10H14F3N5/c1-5-6(2)16-17-9(7(5)8(14)15)18(3)4-10(11,12)13/h4H2,1-3H3,(H3,14,15). The molecule has 0 amide bonds. The number of nitrogen functional groups attached to an aromatic ring is 1. The van der Waals surface area contributed by atoms with Gasteiger partial charge in [0.15, 0.2) is 5.82 Å². The second-order valence-electron chi connectivity index (χ2n) is 3.99. The van der Waals surface area contributed by atoms with Crippen LogP contribution in [0.3, 0.4) is 0 Å². The van der Waals surface area contributed by atoms with E-state index < -0.39 is 12.7 Å². The number of nitrogens with one attached hydrogen (secondary N) is 1. The number of anilines is 1. The van der Waals surface area contributed by atoms with Crippen molar-refractivity contribution in [3.8, 4) is 0 Å². The van der Waals surface area contributed by atoms with Crippen molar-refractivity contribution in [1.82, 2.24) is 10.2 Å². The highest BCUT2D eigenvalue weighted by Gasteiger charge is 2.31. The van der Waals surface area contributed by atoms with E-state index in [-0.39, 0.29) is 17.2 Å². The maximum absolute atomic E-state index is 12.3. The maximum Gasteiger partial charge on any atom is 0.405 e. The highest BCUT2D eigenvalue weighted by molar-refractivity contribution is 6.01. The zero-order valence-electron chi connectivity index (χ0n) is 10.3. The second kappa shape index (κ2) is 4.79. The van der Waals surface area contributed by atoms with E-state index in [0.29, 0.717) is 11.3 Å². The van der Waals surface area contributed by atoms with Gasteiger partial charge in [-0.15, -0.1) is 5.10 Å². The van der Waals surface area contributed by atoms with Gasteiger partial charge in [0.2, 0.25) is 0 Å². The van der Waals surface area contributed by atoms with E-state index >= 15 is 0 Å². The van der Waals surface area contributed by atoms with E-state index in [0.717, 1.165) is 4.90 Å². The predicted octanol–water partition coefficient (Wildman–Crippen LogP) is 1.38. The Bertz CT molecular complexity index is 469. The highest BCUT2D eigenvalue weighted by atomic mass is 19.4. The predicted molar refractivity (Wildman–Crippen MR) is 61.8 cm³/mol. The van der Waals surface area contributed by atoms with E-state index in [2.05, 4.69) is 10.2 Å². The zero-order valence-corrected chi connectivity index (χ0v) is 10.3. The summed E-state index contributed by atoms with van der Waals surface area (Å²) < 4.78 is 37.0. The molecule has 1 heterocycles. The number of rotatable bonds is 3. The van der Waals surface area contributed by atoms with Crippen molar-refractivity contribution in [2.75, 3.05) is 18.5 Å². The Balaban J connectivity index is 3.24. The second-order valence-corrected chi connectivity index (χ2v) is 3.99. The van der Waals surface area contributed by atoms with Gasteiger partial charge in [0, 0.05) is 7.05 Å². The lowest BCUT2D eigenvalue weighted by Crippen LogP contribution is -2.34. The Labute approximate surface area is 102 Å². The number of alkyl halides is 3. The van der Waals surface area contributed by atoms with Gasteiger partial charge in [-0.05, 0) is 19.4 Å². The summed E-state index contributed by atoms with van der Waals surface area (Å²) in [6.45, 7) is 2.12. The van der Waals surface area contributed by atoms with Crippen LogP contribution >= 0.6 is 0 Å². The first kappa shape index (κ1) is 14.2. The van der Waals surface area contributed by atoms with Gasteiger partial charge in [-0.1, -0.05) is 0 Å². The lowest BCUT2D eigenvalue weighted by Gasteiger charge is -2.22. The van der Waals surface area contributed by atoms with Crippen LogP contribution in [0.4, 0.5) is 19.0 Å². The third-order valence-corrected chi connectivity index (χ3v) is 2.48. The van der Waals surface area contributed by atoms with Gasteiger partial charge in [0.1, 0.15) is 12.4 Å². The Morgan fingerprint density at radius 3 is 2.33 bits per heavy atom. The molecule has 0 saturated heterocycles. The fraction of sp³-hybridized carbons (Fsp3) is 0.500. The molecule has 1 aromatic heterocycles. The summed E-state index contributed by atoms with van der Waals surface area (Å²) >= 11 is 0. The number of hydrogen-bond acceptors (Lipinski definition) is 4. The molecule has 1 rings (SSSR count). The molecule has 3 N–H and O–H groups in total. The van der Waals surface area contributed by atoms with Gasteiger partial charge in [-0.3, -0.25) is 5.41 Å². The molecule has 0 spiro atoms. The van der Waals surface area contributed by atoms with Crippen LogP contribution in [-0.4, -0.2) is 35.8 Å². The molecule has 0 atom stereocenters. The molecule has 0 aliphatic heterocycles. The summed E-state index contributed by atoms with van der Waals surface area (Å²) in [5.74, 6) is -0.363. The van der Waals surface area contributed by atoms with Crippen molar-refractivity contribution in [2.45, 2.75) is 20.0 Å². The van der Waals surface area contributed by atoms with E-state index in [9.17, 15) is 13.2 Å². The number of halogens is 3. The number of nitrogens with zero attached hydrogens (tertiary/aromatic N) is 3. The lowest BCUT2D eigenvalue weighted by atomic mass is 10.1. The van der Waals surface area contributed by atoms with Crippen LogP contribution in [0.15, 0.2) is 0 Å². The minimum absolute atomic E-state index is 0.0390. The van der Waals surface area contributed by atoms with Crippen molar-refractivity contribution in [2.24, 2.45) is 5.73 Å². The molecule has 0 radical (unpaired) electrons. The Kier molecular flexibility index (Phi) is 3.78. The Morgan fingerprint density at radius 2 is 1.89 bits per heavy atom. The summed E-state index contributed by atoms with van der Waals surface area (Å²) in [4.78, 5) is 0.885. The number of hydrogen-bond donors (Lipinski definition) is 2. The minimum atomic E-state index is -4.36. The van der Waals surface area contributed by atoms with Crippen LogP contribution in [-0.2, 0) is 0 Å². The van der Waals surface area contributed by atoms with Gasteiger partial charge in [0.05, 0.1) is 11.3 Å². The van der Waals surface area contributed by atoms with Crippen LogP contribution in [0.2, 0.25) is 0 Å². The molecule has 0 aliphatic carbocycles. The quantitative estimate of drug-likeness (QED) is 0.636. The summed E-state index contributed by atoms with van der Waals surface area (Å²) in [6.07, 6.45) is -4.36. The first-order chi connectivity index (χ1) is 8.13. The molecule has 0 unspecified atom stereocenters. The SMILES string of the molecule is Cc1nnc(N(C)CC(F)(F)F)c(C(=N)N)c1C. The molecular formula is C10H14F3N5. The first-order valence-corrected chi connectivity index (χ1v) is 5.09. The fourth-order valence-corrected chi connectivity index (χ4v) is 1.53. The molecule has 1 aromatic rings. The number of aromatic nitrogens is 2. The monoisotopic (exact) mass is 261 g/mol. The van der Waals surface area contributed by atoms with E-state index in [4.69, 9.17) is 11.1 Å². The van der Waals surface area contributed by atoms with Crippen LogP contribution in [0, 0.1) is 19.3 Å². The molecular weight excluding hydrogens is 247 g/mol. The fourth-order valence-electron chi connectivity index (χ4n) is 1.53. The third kappa shape index (κ3) is 3.08. The smallest absolute Gasteiger partial charge is 0.384 e. The summed E-state index contributed by atoms with van der Waals surface area (Å²) in [5, 5.41) is 14.9. The van der Waals surface area contributed by atoms with Crippen LogP contribution in [0.1, 0.15) is 16.8 Å². The van der Waals surface area contributed by atoms with Gasteiger partial charge in [-0.25, -0.2) is 0 Å². The largest absolute Gasteiger partial charge is 0.405 e. The van der Waals surface area contributed by atoms with Crippen LogP contribution in [0.25, 0.3) is 0 Å². The zero-order chi connectivity index (χ0) is 14.1. The van der Waals surface area contributed by atoms with Gasteiger partial charge < -0.3 is 10.6 Å². The van der Waals surface area contributed by atoms with Crippen LogP contribution in [0.5, 0.6) is 0 Å². The Hall–Kier alpha value is -1.86.